The highest BCUT2D eigenvalue weighted by atomic mass is 16.5. The molecule has 0 fully saturated rings. The molecule has 0 bridgehead atoms. The van der Waals surface area contributed by atoms with E-state index in [2.05, 4.69) is 15.3 Å². The zero-order valence-corrected chi connectivity index (χ0v) is 14.6. The molecular weight excluding hydrogens is 318 g/mol. The topological polar surface area (TPSA) is 77.2 Å². The average Bonchev–Trinajstić information content (AvgIpc) is 2.95. The van der Waals surface area contributed by atoms with Crippen molar-refractivity contribution >= 4 is 17.6 Å². The molecule has 128 valence electrons. The van der Waals surface area contributed by atoms with Crippen LogP contribution in [0.25, 0.3) is 11.3 Å². The number of nitrogens with one attached hydrogen (secondary N) is 1. The van der Waals surface area contributed by atoms with Gasteiger partial charge in [0.25, 0.3) is 0 Å². The fourth-order valence-corrected chi connectivity index (χ4v) is 2.58. The third-order valence-electron chi connectivity index (χ3n) is 3.88. The molecule has 25 heavy (non-hydrogen) atoms. The number of ether oxygens (including phenoxy) is 1. The highest BCUT2D eigenvalue weighted by molar-refractivity contribution is 5.91. The second-order valence-electron chi connectivity index (χ2n) is 5.74. The van der Waals surface area contributed by atoms with Crippen LogP contribution >= 0.6 is 0 Å². The third-order valence-corrected chi connectivity index (χ3v) is 3.88. The molecule has 0 aliphatic carbocycles. The Morgan fingerprint density at radius 3 is 2.64 bits per heavy atom. The predicted molar refractivity (Wildman–Crippen MR) is 95.0 cm³/mol. The summed E-state index contributed by atoms with van der Waals surface area (Å²) in [4.78, 5) is 20.5. The minimum Gasteiger partial charge on any atom is -0.466 e. The SMILES string of the molecule is COC(=O)c1ccc(C)c(Nc2nccc(-c3cc(C)oc3C)n2)c1. The molecule has 6 nitrogen and oxygen atoms in total. The number of benzene rings is 1. The van der Waals surface area contributed by atoms with Gasteiger partial charge in [-0.2, -0.15) is 0 Å². The lowest BCUT2D eigenvalue weighted by atomic mass is 10.1. The van der Waals surface area contributed by atoms with E-state index in [1.165, 1.54) is 7.11 Å². The van der Waals surface area contributed by atoms with Crippen molar-refractivity contribution in [2.45, 2.75) is 20.8 Å². The molecule has 6 heteroatoms. The number of nitrogens with zero attached hydrogens (tertiary/aromatic N) is 2. The summed E-state index contributed by atoms with van der Waals surface area (Å²) >= 11 is 0. The van der Waals surface area contributed by atoms with Crippen LogP contribution < -0.4 is 5.32 Å². The highest BCUT2D eigenvalue weighted by Gasteiger charge is 2.12. The first kappa shape index (κ1) is 16.7. The molecular formula is C19H19N3O3. The normalized spacial score (nSPS) is 10.6. The molecule has 0 atom stereocenters. The van der Waals surface area contributed by atoms with Gasteiger partial charge in [-0.15, -0.1) is 0 Å². The molecule has 0 unspecified atom stereocenters. The van der Waals surface area contributed by atoms with Gasteiger partial charge in [0.15, 0.2) is 0 Å². The summed E-state index contributed by atoms with van der Waals surface area (Å²) in [5.41, 5.74) is 3.89. The maximum absolute atomic E-state index is 11.7. The van der Waals surface area contributed by atoms with E-state index in [-0.39, 0.29) is 5.97 Å². The van der Waals surface area contributed by atoms with Crippen molar-refractivity contribution in [1.82, 2.24) is 9.97 Å². The van der Waals surface area contributed by atoms with Crippen LogP contribution in [0.2, 0.25) is 0 Å². The van der Waals surface area contributed by atoms with Crippen LogP contribution in [0, 0.1) is 20.8 Å². The molecule has 0 aliphatic rings. The van der Waals surface area contributed by atoms with Gasteiger partial charge in [0.1, 0.15) is 11.5 Å². The molecule has 1 aromatic carbocycles. The number of aryl methyl sites for hydroxylation is 3. The Morgan fingerprint density at radius 2 is 1.96 bits per heavy atom. The second kappa shape index (κ2) is 6.76. The molecule has 0 saturated heterocycles. The number of carbonyl (C=O) groups is 1. The van der Waals surface area contributed by atoms with E-state index in [0.717, 1.165) is 34.0 Å². The van der Waals surface area contributed by atoms with Crippen molar-refractivity contribution in [2.75, 3.05) is 12.4 Å². The maximum atomic E-state index is 11.7. The van der Waals surface area contributed by atoms with E-state index in [4.69, 9.17) is 9.15 Å². The van der Waals surface area contributed by atoms with Crippen molar-refractivity contribution in [3.8, 4) is 11.3 Å². The van der Waals surface area contributed by atoms with Crippen LogP contribution in [0.5, 0.6) is 0 Å². The quantitative estimate of drug-likeness (QED) is 0.719. The minimum absolute atomic E-state index is 0.387. The van der Waals surface area contributed by atoms with E-state index in [1.54, 1.807) is 18.3 Å². The number of anilines is 2. The minimum atomic E-state index is -0.387. The van der Waals surface area contributed by atoms with Crippen LogP contribution in [0.15, 0.2) is 40.9 Å². The molecule has 0 spiro atoms. The second-order valence-corrected chi connectivity index (χ2v) is 5.74. The van der Waals surface area contributed by atoms with Gasteiger partial charge in [0.2, 0.25) is 5.95 Å². The Kier molecular flexibility index (Phi) is 4.52. The monoisotopic (exact) mass is 337 g/mol. The van der Waals surface area contributed by atoms with Crippen molar-refractivity contribution < 1.29 is 13.9 Å². The number of furan rings is 1. The van der Waals surface area contributed by atoms with Crippen molar-refractivity contribution in [3.05, 3.63) is 59.2 Å². The van der Waals surface area contributed by atoms with Gasteiger partial charge in [0.05, 0.1) is 18.4 Å². The summed E-state index contributed by atoms with van der Waals surface area (Å²) in [6, 6.07) is 9.08. The van der Waals surface area contributed by atoms with E-state index in [0.29, 0.717) is 11.5 Å². The summed E-state index contributed by atoms with van der Waals surface area (Å²) < 4.78 is 10.3. The average molecular weight is 337 g/mol. The zero-order valence-electron chi connectivity index (χ0n) is 14.6. The summed E-state index contributed by atoms with van der Waals surface area (Å²) in [7, 11) is 1.36. The number of methoxy groups -OCH3 is 1. The first-order valence-corrected chi connectivity index (χ1v) is 7.84. The van der Waals surface area contributed by atoms with Gasteiger partial charge in [-0.25, -0.2) is 14.8 Å². The molecule has 2 heterocycles. The lowest BCUT2D eigenvalue weighted by molar-refractivity contribution is 0.0601. The number of aromatic nitrogens is 2. The van der Waals surface area contributed by atoms with Crippen molar-refractivity contribution in [1.29, 1.82) is 0 Å². The van der Waals surface area contributed by atoms with Gasteiger partial charge < -0.3 is 14.5 Å². The summed E-state index contributed by atoms with van der Waals surface area (Å²) in [5.74, 6) is 1.70. The van der Waals surface area contributed by atoms with Crippen LogP contribution in [0.3, 0.4) is 0 Å². The Bertz CT molecular complexity index is 931. The standard InChI is InChI=1S/C19H19N3O3/c1-11-5-6-14(18(23)24-4)10-17(11)22-19-20-8-7-16(21-19)15-9-12(2)25-13(15)3/h5-10H,1-4H3,(H,20,21,22). The number of hydrogen-bond donors (Lipinski definition) is 1. The molecule has 0 radical (unpaired) electrons. The van der Waals surface area contributed by atoms with E-state index in [1.807, 2.05) is 39.0 Å². The van der Waals surface area contributed by atoms with Crippen LogP contribution in [0.1, 0.15) is 27.4 Å². The van der Waals surface area contributed by atoms with Gasteiger partial charge >= 0.3 is 5.97 Å². The molecule has 0 amide bonds. The van der Waals surface area contributed by atoms with Crippen LogP contribution in [0.4, 0.5) is 11.6 Å². The van der Waals surface area contributed by atoms with Gasteiger partial charge in [-0.3, -0.25) is 0 Å². The Morgan fingerprint density at radius 1 is 1.16 bits per heavy atom. The number of esters is 1. The molecule has 0 aliphatic heterocycles. The van der Waals surface area contributed by atoms with Crippen LogP contribution in [-0.2, 0) is 4.74 Å². The van der Waals surface area contributed by atoms with Crippen molar-refractivity contribution in [2.24, 2.45) is 0 Å². The Balaban J connectivity index is 1.93. The first-order chi connectivity index (χ1) is 12.0. The zero-order chi connectivity index (χ0) is 18.0. The van der Waals surface area contributed by atoms with E-state index in [9.17, 15) is 4.79 Å². The molecule has 1 N–H and O–H groups in total. The molecule has 3 rings (SSSR count). The van der Waals surface area contributed by atoms with Gasteiger partial charge in [-0.05, 0) is 50.6 Å². The summed E-state index contributed by atoms with van der Waals surface area (Å²) in [5, 5.41) is 3.17. The molecule has 3 aromatic rings. The van der Waals surface area contributed by atoms with E-state index >= 15 is 0 Å². The first-order valence-electron chi connectivity index (χ1n) is 7.84. The Labute approximate surface area is 145 Å². The molecule has 2 aromatic heterocycles. The maximum Gasteiger partial charge on any atom is 0.337 e. The number of hydrogen-bond acceptors (Lipinski definition) is 6. The highest BCUT2D eigenvalue weighted by Crippen LogP contribution is 2.26. The summed E-state index contributed by atoms with van der Waals surface area (Å²) in [6.07, 6.45) is 1.69. The molecule has 0 saturated carbocycles. The number of rotatable bonds is 4. The largest absolute Gasteiger partial charge is 0.466 e. The number of carbonyl (C=O) groups excluding carboxylic acids is 1. The lowest BCUT2D eigenvalue weighted by Crippen LogP contribution is -2.04. The fraction of sp³-hybridized carbons (Fsp3) is 0.211. The lowest BCUT2D eigenvalue weighted by Gasteiger charge is -2.10. The van der Waals surface area contributed by atoms with E-state index < -0.39 is 0 Å². The van der Waals surface area contributed by atoms with Crippen molar-refractivity contribution in [3.63, 3.8) is 0 Å². The Hall–Kier alpha value is -3.15. The smallest absolute Gasteiger partial charge is 0.337 e. The van der Waals surface area contributed by atoms with Gasteiger partial charge in [-0.1, -0.05) is 6.07 Å². The summed E-state index contributed by atoms with van der Waals surface area (Å²) in [6.45, 7) is 5.75. The van der Waals surface area contributed by atoms with Gasteiger partial charge in [0, 0.05) is 17.4 Å². The third kappa shape index (κ3) is 3.52. The predicted octanol–water partition coefficient (Wildman–Crippen LogP) is 4.19. The van der Waals surface area contributed by atoms with Crippen LogP contribution in [-0.4, -0.2) is 23.0 Å². The fourth-order valence-electron chi connectivity index (χ4n) is 2.58.